The van der Waals surface area contributed by atoms with Crippen molar-refractivity contribution >= 4 is 51.5 Å². The zero-order chi connectivity index (χ0) is 22.1. The number of anilines is 3. The Morgan fingerprint density at radius 2 is 1.87 bits per heavy atom. The van der Waals surface area contributed by atoms with Crippen LogP contribution in [0.2, 0.25) is 5.02 Å². The van der Waals surface area contributed by atoms with E-state index in [-0.39, 0.29) is 10.6 Å². The summed E-state index contributed by atoms with van der Waals surface area (Å²) in [7, 11) is 3.51. The van der Waals surface area contributed by atoms with Crippen LogP contribution in [-0.4, -0.2) is 20.1 Å². The summed E-state index contributed by atoms with van der Waals surface area (Å²) in [6, 6.07) is 10.1. The van der Waals surface area contributed by atoms with Gasteiger partial charge in [0.1, 0.15) is 11.3 Å². The predicted molar refractivity (Wildman–Crippen MR) is 128 cm³/mol. The average Bonchev–Trinajstić information content (AvgIpc) is 3.14. The Hall–Kier alpha value is -2.97. The van der Waals surface area contributed by atoms with Gasteiger partial charge in [-0.25, -0.2) is 4.39 Å². The molecular formula is C22H21ClFN5OS. The van der Waals surface area contributed by atoms with Gasteiger partial charge in [-0.1, -0.05) is 30.5 Å². The Bertz CT molecular complexity index is 1330. The largest absolute Gasteiger partial charge is 0.354 e. The Morgan fingerprint density at radius 1 is 1.10 bits per heavy atom. The molecule has 2 N–H and O–H groups in total. The van der Waals surface area contributed by atoms with E-state index in [2.05, 4.69) is 22.1 Å². The van der Waals surface area contributed by atoms with Crippen molar-refractivity contribution in [3.63, 3.8) is 0 Å². The molecule has 0 radical (unpaired) electrons. The van der Waals surface area contributed by atoms with E-state index in [1.165, 1.54) is 12.1 Å². The molecule has 9 heteroatoms. The average molecular weight is 458 g/mol. The number of hydrogen-bond donors (Lipinski definition) is 2. The SMILES string of the molecule is CCSNc1ccc(Nc2ccc(F)cc2Cl)c(-c2cn(C)c(=O)c3cn(C)nc23)c1. The number of aryl methyl sites for hydroxylation is 2. The molecule has 0 saturated heterocycles. The topological polar surface area (TPSA) is 63.9 Å². The fraction of sp³-hybridized carbons (Fsp3) is 0.182. The number of hydrogen-bond acceptors (Lipinski definition) is 5. The highest BCUT2D eigenvalue weighted by Crippen LogP contribution is 2.37. The van der Waals surface area contributed by atoms with E-state index in [1.807, 2.05) is 18.2 Å². The highest BCUT2D eigenvalue weighted by Gasteiger charge is 2.17. The molecule has 0 aliphatic heterocycles. The van der Waals surface area contributed by atoms with Gasteiger partial charge in [0.2, 0.25) is 0 Å². The number of nitrogens with one attached hydrogen (secondary N) is 2. The summed E-state index contributed by atoms with van der Waals surface area (Å²) >= 11 is 7.83. The molecular weight excluding hydrogens is 437 g/mol. The maximum atomic E-state index is 13.5. The minimum absolute atomic E-state index is 0.112. The molecule has 2 heterocycles. The predicted octanol–water partition coefficient (Wildman–Crippen LogP) is 5.56. The van der Waals surface area contributed by atoms with Crippen LogP contribution < -0.4 is 15.6 Å². The number of nitrogens with zero attached hydrogens (tertiary/aromatic N) is 3. The molecule has 0 saturated carbocycles. The monoisotopic (exact) mass is 457 g/mol. The second kappa shape index (κ2) is 8.64. The van der Waals surface area contributed by atoms with Crippen LogP contribution in [0.3, 0.4) is 0 Å². The molecule has 0 aliphatic carbocycles. The number of fused-ring (bicyclic) bond motifs is 1. The van der Waals surface area contributed by atoms with Crippen LogP contribution in [0.1, 0.15) is 6.92 Å². The molecule has 0 fully saturated rings. The van der Waals surface area contributed by atoms with Gasteiger partial charge >= 0.3 is 0 Å². The third-order valence-corrected chi connectivity index (χ3v) is 5.78. The molecule has 2 aromatic heterocycles. The van der Waals surface area contributed by atoms with Crippen molar-refractivity contribution < 1.29 is 4.39 Å². The summed E-state index contributed by atoms with van der Waals surface area (Å²) < 4.78 is 20.0. The van der Waals surface area contributed by atoms with Gasteiger partial charge in [-0.2, -0.15) is 5.10 Å². The zero-order valence-electron chi connectivity index (χ0n) is 17.2. The molecule has 0 spiro atoms. The first-order valence-corrected chi connectivity index (χ1v) is 11.0. The molecule has 0 unspecified atom stereocenters. The van der Waals surface area contributed by atoms with E-state index in [0.717, 1.165) is 28.3 Å². The van der Waals surface area contributed by atoms with Crippen molar-refractivity contribution in [3.8, 4) is 11.1 Å². The maximum absolute atomic E-state index is 13.5. The van der Waals surface area contributed by atoms with Gasteiger partial charge in [0, 0.05) is 54.7 Å². The fourth-order valence-corrected chi connectivity index (χ4v) is 4.03. The van der Waals surface area contributed by atoms with E-state index >= 15 is 0 Å². The summed E-state index contributed by atoms with van der Waals surface area (Å²) in [5, 5.41) is 8.65. The molecule has 6 nitrogen and oxygen atoms in total. The molecule has 4 aromatic rings. The first kappa shape index (κ1) is 21.3. The molecule has 0 bridgehead atoms. The van der Waals surface area contributed by atoms with Gasteiger partial charge in [0.05, 0.1) is 16.1 Å². The number of aromatic nitrogens is 3. The third kappa shape index (κ3) is 4.26. The van der Waals surface area contributed by atoms with Gasteiger partial charge < -0.3 is 14.6 Å². The van der Waals surface area contributed by atoms with Crippen LogP contribution in [0.4, 0.5) is 21.5 Å². The minimum atomic E-state index is -0.403. The van der Waals surface area contributed by atoms with Crippen molar-refractivity contribution in [3.05, 3.63) is 70.0 Å². The molecule has 31 heavy (non-hydrogen) atoms. The van der Waals surface area contributed by atoms with Crippen molar-refractivity contribution in [2.24, 2.45) is 14.1 Å². The highest BCUT2D eigenvalue weighted by molar-refractivity contribution is 8.00. The van der Waals surface area contributed by atoms with Crippen molar-refractivity contribution in [1.29, 1.82) is 0 Å². The maximum Gasteiger partial charge on any atom is 0.261 e. The molecule has 4 rings (SSSR count). The summed E-state index contributed by atoms with van der Waals surface area (Å²) in [5.41, 5.74) is 4.37. The van der Waals surface area contributed by atoms with E-state index < -0.39 is 5.82 Å². The quantitative estimate of drug-likeness (QED) is 0.371. The molecule has 2 aromatic carbocycles. The first-order chi connectivity index (χ1) is 14.9. The Morgan fingerprint density at radius 3 is 2.61 bits per heavy atom. The summed E-state index contributed by atoms with van der Waals surface area (Å²) in [5.74, 6) is 0.505. The molecule has 160 valence electrons. The van der Waals surface area contributed by atoms with Gasteiger partial charge in [-0.05, 0) is 36.4 Å². The standard InChI is InChI=1S/C22H21ClFN5OS/c1-4-31-27-14-6-8-19(25-20-7-5-13(24)9-18(20)23)15(10-14)16-11-28(2)22(30)17-12-29(3)26-21(16)17/h5-12,25,27H,4H2,1-3H3. The third-order valence-electron chi connectivity index (χ3n) is 4.80. The van der Waals surface area contributed by atoms with E-state index in [9.17, 15) is 9.18 Å². The smallest absolute Gasteiger partial charge is 0.261 e. The number of benzene rings is 2. The number of rotatable bonds is 6. The van der Waals surface area contributed by atoms with Gasteiger partial charge in [0.25, 0.3) is 5.56 Å². The van der Waals surface area contributed by atoms with E-state index in [4.69, 9.17) is 11.6 Å². The highest BCUT2D eigenvalue weighted by atomic mass is 35.5. The lowest BCUT2D eigenvalue weighted by molar-refractivity contribution is 0.628. The molecule has 0 amide bonds. The van der Waals surface area contributed by atoms with Gasteiger partial charge in [-0.15, -0.1) is 0 Å². The second-order valence-electron chi connectivity index (χ2n) is 7.07. The van der Waals surface area contributed by atoms with Crippen LogP contribution in [0.25, 0.3) is 22.0 Å². The Labute approximate surface area is 188 Å². The molecule has 0 aliphatic rings. The second-order valence-corrected chi connectivity index (χ2v) is 8.55. The van der Waals surface area contributed by atoms with Crippen molar-refractivity contribution in [1.82, 2.24) is 14.3 Å². The normalized spacial score (nSPS) is 11.1. The zero-order valence-corrected chi connectivity index (χ0v) is 18.8. The Kier molecular flexibility index (Phi) is 5.93. The van der Waals surface area contributed by atoms with Crippen LogP contribution in [-0.2, 0) is 14.1 Å². The van der Waals surface area contributed by atoms with Crippen LogP contribution in [0.15, 0.2) is 53.6 Å². The lowest BCUT2D eigenvalue weighted by Crippen LogP contribution is -2.16. The van der Waals surface area contributed by atoms with E-state index in [0.29, 0.717) is 16.6 Å². The summed E-state index contributed by atoms with van der Waals surface area (Å²) in [4.78, 5) is 12.6. The van der Waals surface area contributed by atoms with Crippen LogP contribution in [0, 0.1) is 5.82 Å². The lowest BCUT2D eigenvalue weighted by atomic mass is 10.0. The Balaban J connectivity index is 1.92. The van der Waals surface area contributed by atoms with Crippen molar-refractivity contribution in [2.75, 3.05) is 15.8 Å². The van der Waals surface area contributed by atoms with Crippen LogP contribution >= 0.6 is 23.5 Å². The minimum Gasteiger partial charge on any atom is -0.354 e. The number of pyridine rings is 1. The van der Waals surface area contributed by atoms with Crippen molar-refractivity contribution in [2.45, 2.75) is 6.92 Å². The van der Waals surface area contributed by atoms with Gasteiger partial charge in [-0.3, -0.25) is 9.48 Å². The summed E-state index contributed by atoms with van der Waals surface area (Å²) in [6.45, 7) is 2.06. The first-order valence-electron chi connectivity index (χ1n) is 9.64. The summed E-state index contributed by atoms with van der Waals surface area (Å²) in [6.07, 6.45) is 3.50. The van der Waals surface area contributed by atoms with Gasteiger partial charge in [0.15, 0.2) is 0 Å². The fourth-order valence-electron chi connectivity index (χ4n) is 3.38. The molecule has 0 atom stereocenters. The van der Waals surface area contributed by atoms with E-state index in [1.54, 1.807) is 53.8 Å². The van der Waals surface area contributed by atoms with Crippen LogP contribution in [0.5, 0.6) is 0 Å². The lowest BCUT2D eigenvalue weighted by Gasteiger charge is -2.16. The number of halogens is 2.